The molecular weight excluding hydrogens is 270 g/mol. The molecule has 2 aromatic rings. The number of benzene rings is 1. The summed E-state index contributed by atoms with van der Waals surface area (Å²) in [5.74, 6) is 1.000. The highest BCUT2D eigenvalue weighted by Crippen LogP contribution is 2.16. The molecule has 0 aliphatic rings. The average molecular weight is 290 g/mol. The Bertz CT molecular complexity index is 499. The number of nitrogens with zero attached hydrogens (tertiary/aromatic N) is 2. The number of hydrogen-bond donors (Lipinski definition) is 1. The first kappa shape index (κ1) is 14.8. The monoisotopic (exact) mass is 289 g/mol. The zero-order chi connectivity index (χ0) is 14.2. The molecule has 2 N–H and O–H groups in total. The molecule has 4 heteroatoms. The molecule has 0 bridgehead atoms. The van der Waals surface area contributed by atoms with Crippen molar-refractivity contribution in [3.63, 3.8) is 0 Å². The maximum absolute atomic E-state index is 5.93. The minimum atomic E-state index is 0.733. The molecular formula is C16H20ClN3. The van der Waals surface area contributed by atoms with Gasteiger partial charge in [0.2, 0.25) is 0 Å². The van der Waals surface area contributed by atoms with E-state index < -0.39 is 0 Å². The van der Waals surface area contributed by atoms with Crippen molar-refractivity contribution >= 4 is 17.4 Å². The van der Waals surface area contributed by atoms with Crippen LogP contribution >= 0.6 is 11.6 Å². The third kappa shape index (κ3) is 4.51. The van der Waals surface area contributed by atoms with E-state index in [1.807, 2.05) is 36.5 Å². The van der Waals surface area contributed by atoms with Gasteiger partial charge in [0.15, 0.2) is 0 Å². The molecule has 0 aliphatic heterocycles. The first-order chi connectivity index (χ1) is 9.79. The van der Waals surface area contributed by atoms with E-state index in [1.165, 1.54) is 5.56 Å². The van der Waals surface area contributed by atoms with Crippen LogP contribution in [0.3, 0.4) is 0 Å². The summed E-state index contributed by atoms with van der Waals surface area (Å²) in [5.41, 5.74) is 6.80. The number of halogens is 1. The van der Waals surface area contributed by atoms with E-state index in [0.717, 1.165) is 43.3 Å². The summed E-state index contributed by atoms with van der Waals surface area (Å²) < 4.78 is 0. The second-order valence-electron chi connectivity index (χ2n) is 4.73. The number of anilines is 1. The molecule has 1 heterocycles. The van der Waals surface area contributed by atoms with E-state index in [0.29, 0.717) is 0 Å². The molecule has 20 heavy (non-hydrogen) atoms. The smallest absolute Gasteiger partial charge is 0.128 e. The SMILES string of the molecule is NCCCCN(Cc1ccc(Cl)cc1)c1ccccn1. The van der Waals surface area contributed by atoms with Gasteiger partial charge in [0.05, 0.1) is 0 Å². The van der Waals surface area contributed by atoms with Gasteiger partial charge >= 0.3 is 0 Å². The zero-order valence-corrected chi connectivity index (χ0v) is 12.3. The Labute approximate surface area is 125 Å². The normalized spacial score (nSPS) is 10.5. The Hall–Kier alpha value is -1.58. The van der Waals surface area contributed by atoms with Gasteiger partial charge in [0, 0.05) is 24.3 Å². The molecule has 0 spiro atoms. The van der Waals surface area contributed by atoms with Gasteiger partial charge in [0.25, 0.3) is 0 Å². The molecule has 106 valence electrons. The molecule has 0 saturated carbocycles. The second kappa shape index (κ2) is 7.88. The number of unbranched alkanes of at least 4 members (excludes halogenated alkanes) is 1. The van der Waals surface area contributed by atoms with Crippen molar-refractivity contribution in [3.05, 3.63) is 59.2 Å². The van der Waals surface area contributed by atoms with Gasteiger partial charge in [-0.15, -0.1) is 0 Å². The van der Waals surface area contributed by atoms with Crippen molar-refractivity contribution in [1.29, 1.82) is 0 Å². The molecule has 0 fully saturated rings. The molecule has 0 amide bonds. The van der Waals surface area contributed by atoms with Gasteiger partial charge in [-0.2, -0.15) is 0 Å². The summed E-state index contributed by atoms with van der Waals surface area (Å²) in [6.45, 7) is 2.52. The van der Waals surface area contributed by atoms with Crippen LogP contribution in [0.4, 0.5) is 5.82 Å². The van der Waals surface area contributed by atoms with Gasteiger partial charge in [-0.1, -0.05) is 29.8 Å². The Balaban J connectivity index is 2.07. The van der Waals surface area contributed by atoms with E-state index in [9.17, 15) is 0 Å². The first-order valence-electron chi connectivity index (χ1n) is 6.90. The third-order valence-electron chi connectivity index (χ3n) is 3.14. The highest BCUT2D eigenvalue weighted by atomic mass is 35.5. The summed E-state index contributed by atoms with van der Waals surface area (Å²) >= 11 is 5.93. The maximum Gasteiger partial charge on any atom is 0.128 e. The fraction of sp³-hybridized carbons (Fsp3) is 0.312. The minimum Gasteiger partial charge on any atom is -0.352 e. The van der Waals surface area contributed by atoms with Crippen molar-refractivity contribution in [2.45, 2.75) is 19.4 Å². The average Bonchev–Trinajstić information content (AvgIpc) is 2.49. The molecule has 0 atom stereocenters. The first-order valence-corrected chi connectivity index (χ1v) is 7.28. The maximum atomic E-state index is 5.93. The van der Waals surface area contributed by atoms with Crippen molar-refractivity contribution in [2.75, 3.05) is 18.0 Å². The lowest BCUT2D eigenvalue weighted by atomic mass is 10.2. The van der Waals surface area contributed by atoms with Crippen molar-refractivity contribution in [2.24, 2.45) is 5.73 Å². The third-order valence-corrected chi connectivity index (χ3v) is 3.39. The molecule has 3 nitrogen and oxygen atoms in total. The molecule has 0 saturated heterocycles. The lowest BCUT2D eigenvalue weighted by Gasteiger charge is -2.23. The van der Waals surface area contributed by atoms with Crippen LogP contribution in [0.5, 0.6) is 0 Å². The van der Waals surface area contributed by atoms with Crippen LogP contribution in [-0.4, -0.2) is 18.1 Å². The van der Waals surface area contributed by atoms with Gasteiger partial charge in [0.1, 0.15) is 5.82 Å². The van der Waals surface area contributed by atoms with Crippen LogP contribution in [-0.2, 0) is 6.54 Å². The van der Waals surface area contributed by atoms with E-state index in [4.69, 9.17) is 17.3 Å². The van der Waals surface area contributed by atoms with E-state index in [-0.39, 0.29) is 0 Å². The molecule has 1 aromatic heterocycles. The highest BCUT2D eigenvalue weighted by Gasteiger charge is 2.08. The largest absolute Gasteiger partial charge is 0.352 e. The zero-order valence-electron chi connectivity index (χ0n) is 11.5. The Morgan fingerprint density at radius 2 is 1.85 bits per heavy atom. The summed E-state index contributed by atoms with van der Waals surface area (Å²) in [6, 6.07) is 13.9. The fourth-order valence-corrected chi connectivity index (χ4v) is 2.20. The lowest BCUT2D eigenvalue weighted by molar-refractivity contribution is 0.685. The lowest BCUT2D eigenvalue weighted by Crippen LogP contribution is -2.25. The topological polar surface area (TPSA) is 42.1 Å². The second-order valence-corrected chi connectivity index (χ2v) is 5.17. The number of nitrogens with two attached hydrogens (primary N) is 1. The van der Waals surface area contributed by atoms with Crippen molar-refractivity contribution < 1.29 is 0 Å². The standard InChI is InChI=1S/C16H20ClN3/c17-15-8-6-14(7-9-15)13-20(12-4-2-10-18)16-5-1-3-11-19-16/h1,3,5-9,11H,2,4,10,12-13,18H2. The molecule has 1 aromatic carbocycles. The number of pyridine rings is 1. The van der Waals surface area contributed by atoms with E-state index in [1.54, 1.807) is 0 Å². The number of rotatable bonds is 7. The van der Waals surface area contributed by atoms with Crippen LogP contribution in [0.25, 0.3) is 0 Å². The highest BCUT2D eigenvalue weighted by molar-refractivity contribution is 6.30. The fourth-order valence-electron chi connectivity index (χ4n) is 2.07. The predicted octanol–water partition coefficient (Wildman–Crippen LogP) is 3.48. The van der Waals surface area contributed by atoms with Gasteiger partial charge in [-0.25, -0.2) is 4.98 Å². The predicted molar refractivity (Wildman–Crippen MR) is 85.0 cm³/mol. The number of aromatic nitrogens is 1. The minimum absolute atomic E-state index is 0.733. The Kier molecular flexibility index (Phi) is 5.84. The molecule has 0 aliphatic carbocycles. The molecule has 0 unspecified atom stereocenters. The van der Waals surface area contributed by atoms with Crippen LogP contribution in [0.2, 0.25) is 5.02 Å². The van der Waals surface area contributed by atoms with Gasteiger partial charge < -0.3 is 10.6 Å². The Morgan fingerprint density at radius 3 is 2.50 bits per heavy atom. The molecule has 0 radical (unpaired) electrons. The summed E-state index contributed by atoms with van der Waals surface area (Å²) in [6.07, 6.45) is 3.93. The van der Waals surface area contributed by atoms with Gasteiger partial charge in [-0.05, 0) is 49.2 Å². The summed E-state index contributed by atoms with van der Waals surface area (Å²) in [5, 5.41) is 0.765. The van der Waals surface area contributed by atoms with Crippen LogP contribution in [0.15, 0.2) is 48.7 Å². The summed E-state index contributed by atoms with van der Waals surface area (Å²) in [4.78, 5) is 6.72. The quantitative estimate of drug-likeness (QED) is 0.794. The van der Waals surface area contributed by atoms with Crippen molar-refractivity contribution in [3.8, 4) is 0 Å². The molecule has 2 rings (SSSR count). The van der Waals surface area contributed by atoms with Crippen LogP contribution in [0.1, 0.15) is 18.4 Å². The number of hydrogen-bond acceptors (Lipinski definition) is 3. The summed E-state index contributed by atoms with van der Waals surface area (Å²) in [7, 11) is 0. The Morgan fingerprint density at radius 1 is 1.05 bits per heavy atom. The van der Waals surface area contributed by atoms with Crippen LogP contribution < -0.4 is 10.6 Å². The van der Waals surface area contributed by atoms with Gasteiger partial charge in [-0.3, -0.25) is 0 Å². The van der Waals surface area contributed by atoms with E-state index >= 15 is 0 Å². The van der Waals surface area contributed by atoms with Crippen molar-refractivity contribution in [1.82, 2.24) is 4.98 Å². The van der Waals surface area contributed by atoms with Crippen LogP contribution in [0, 0.1) is 0 Å². The van der Waals surface area contributed by atoms with E-state index in [2.05, 4.69) is 22.0 Å².